The van der Waals surface area contributed by atoms with Gasteiger partial charge in [-0.2, -0.15) is 0 Å². The van der Waals surface area contributed by atoms with E-state index in [1.807, 2.05) is 30.0 Å². The summed E-state index contributed by atoms with van der Waals surface area (Å²) in [4.78, 5) is 1.22. The number of rotatable bonds is 12. The normalized spacial score (nSPS) is 12.5. The van der Waals surface area contributed by atoms with Gasteiger partial charge in [0.2, 0.25) is 0 Å². The van der Waals surface area contributed by atoms with Crippen molar-refractivity contribution in [1.82, 2.24) is 0 Å². The molecule has 1 unspecified atom stereocenters. The molecule has 0 bridgehead atoms. The number of unbranched alkanes of at least 4 members (excludes halogenated alkanes) is 7. The van der Waals surface area contributed by atoms with Crippen LogP contribution in [0.2, 0.25) is 5.02 Å². The first-order valence-electron chi connectivity index (χ1n) is 8.36. The molecule has 0 saturated heterocycles. The summed E-state index contributed by atoms with van der Waals surface area (Å²) in [6.45, 7) is 2.27. The van der Waals surface area contributed by atoms with Crippen molar-refractivity contribution in [2.24, 2.45) is 5.73 Å². The Kier molecular flexibility index (Phi) is 11.1. The number of nitrogens with two attached hydrogens (primary N) is 1. The van der Waals surface area contributed by atoms with Gasteiger partial charge in [-0.05, 0) is 24.6 Å². The third-order valence-electron chi connectivity index (χ3n) is 3.69. The van der Waals surface area contributed by atoms with Crippen LogP contribution in [0.3, 0.4) is 0 Å². The lowest BCUT2D eigenvalue weighted by Gasteiger charge is -2.11. The van der Waals surface area contributed by atoms with Gasteiger partial charge in [0, 0.05) is 21.7 Å². The fourth-order valence-corrected chi connectivity index (χ4v) is 3.60. The number of halogens is 1. The summed E-state index contributed by atoms with van der Waals surface area (Å²) >= 11 is 7.79. The fourth-order valence-electron chi connectivity index (χ4n) is 2.38. The molecule has 0 saturated carbocycles. The molecule has 2 N–H and O–H groups in total. The molecule has 0 amide bonds. The summed E-state index contributed by atoms with van der Waals surface area (Å²) in [5.41, 5.74) is 6.19. The van der Waals surface area contributed by atoms with Crippen LogP contribution in [0.15, 0.2) is 29.2 Å². The maximum Gasteiger partial charge on any atom is 0.0417 e. The maximum atomic E-state index is 6.19. The van der Waals surface area contributed by atoms with Gasteiger partial charge in [0.05, 0.1) is 0 Å². The molecule has 1 aromatic carbocycles. The lowest BCUT2D eigenvalue weighted by Crippen LogP contribution is -2.22. The van der Waals surface area contributed by atoms with Gasteiger partial charge in [0.25, 0.3) is 0 Å². The molecule has 3 heteroatoms. The molecule has 0 heterocycles. The molecule has 120 valence electrons. The van der Waals surface area contributed by atoms with Gasteiger partial charge >= 0.3 is 0 Å². The predicted molar refractivity (Wildman–Crippen MR) is 97.4 cm³/mol. The van der Waals surface area contributed by atoms with Gasteiger partial charge in [0.15, 0.2) is 0 Å². The van der Waals surface area contributed by atoms with Crippen molar-refractivity contribution in [3.63, 3.8) is 0 Å². The number of thioether (sulfide) groups is 1. The SMILES string of the molecule is CCCCCCCCCCC(N)CSc1cccc(Cl)c1. The standard InChI is InChI=1S/C18H30ClNS/c1-2-3-4-5-6-7-8-9-12-17(20)15-21-18-13-10-11-16(19)14-18/h10-11,13-14,17H,2-9,12,15,20H2,1H3. The Morgan fingerprint density at radius 1 is 1.05 bits per heavy atom. The van der Waals surface area contributed by atoms with E-state index >= 15 is 0 Å². The highest BCUT2D eigenvalue weighted by atomic mass is 35.5. The molecular formula is C18H30ClNS. The summed E-state index contributed by atoms with van der Waals surface area (Å²) in [7, 11) is 0. The van der Waals surface area contributed by atoms with Crippen molar-refractivity contribution in [3.8, 4) is 0 Å². The van der Waals surface area contributed by atoms with Crippen LogP contribution in [0.5, 0.6) is 0 Å². The second-order valence-corrected chi connectivity index (χ2v) is 7.32. The van der Waals surface area contributed by atoms with Gasteiger partial charge in [-0.1, -0.05) is 76.0 Å². The van der Waals surface area contributed by atoms with Crippen LogP contribution >= 0.6 is 23.4 Å². The highest BCUT2D eigenvalue weighted by molar-refractivity contribution is 7.99. The minimum Gasteiger partial charge on any atom is -0.327 e. The average molecular weight is 328 g/mol. The van der Waals surface area contributed by atoms with Crippen molar-refractivity contribution >= 4 is 23.4 Å². The first-order valence-corrected chi connectivity index (χ1v) is 9.72. The zero-order valence-electron chi connectivity index (χ0n) is 13.3. The van der Waals surface area contributed by atoms with Gasteiger partial charge in [0.1, 0.15) is 0 Å². The smallest absolute Gasteiger partial charge is 0.0417 e. The number of hydrogen-bond acceptors (Lipinski definition) is 2. The third kappa shape index (κ3) is 10.2. The van der Waals surface area contributed by atoms with Crippen molar-refractivity contribution in [1.29, 1.82) is 0 Å². The quantitative estimate of drug-likeness (QED) is 0.360. The van der Waals surface area contributed by atoms with E-state index in [9.17, 15) is 0 Å². The zero-order chi connectivity index (χ0) is 15.3. The second-order valence-electron chi connectivity index (χ2n) is 5.79. The Balaban J connectivity index is 1.97. The van der Waals surface area contributed by atoms with Crippen LogP contribution in [0, 0.1) is 0 Å². The van der Waals surface area contributed by atoms with E-state index in [0.717, 1.165) is 17.2 Å². The number of hydrogen-bond donors (Lipinski definition) is 1. The molecule has 0 fully saturated rings. The first-order chi connectivity index (χ1) is 10.2. The van der Waals surface area contributed by atoms with Crippen molar-refractivity contribution in [2.75, 3.05) is 5.75 Å². The van der Waals surface area contributed by atoms with Crippen LogP contribution in [-0.2, 0) is 0 Å². The van der Waals surface area contributed by atoms with Crippen molar-refractivity contribution in [2.45, 2.75) is 75.6 Å². The Bertz CT molecular complexity index is 370. The van der Waals surface area contributed by atoms with E-state index < -0.39 is 0 Å². The van der Waals surface area contributed by atoms with Crippen LogP contribution < -0.4 is 5.73 Å². The minimum absolute atomic E-state index is 0.300. The van der Waals surface area contributed by atoms with Crippen LogP contribution in [0.1, 0.15) is 64.7 Å². The van der Waals surface area contributed by atoms with E-state index in [1.165, 1.54) is 56.3 Å². The van der Waals surface area contributed by atoms with Gasteiger partial charge in [-0.15, -0.1) is 11.8 Å². The fraction of sp³-hybridized carbons (Fsp3) is 0.667. The van der Waals surface area contributed by atoms with E-state index in [2.05, 4.69) is 13.0 Å². The van der Waals surface area contributed by atoms with Gasteiger partial charge < -0.3 is 5.73 Å². The molecule has 1 atom stereocenters. The van der Waals surface area contributed by atoms with Crippen LogP contribution in [-0.4, -0.2) is 11.8 Å². The lowest BCUT2D eigenvalue weighted by molar-refractivity contribution is 0.543. The minimum atomic E-state index is 0.300. The topological polar surface area (TPSA) is 26.0 Å². The second kappa shape index (κ2) is 12.4. The third-order valence-corrected chi connectivity index (χ3v) is 5.11. The summed E-state index contributed by atoms with van der Waals surface area (Å²) in [6, 6.07) is 8.31. The van der Waals surface area contributed by atoms with Crippen molar-refractivity contribution < 1.29 is 0 Å². The van der Waals surface area contributed by atoms with E-state index in [1.54, 1.807) is 0 Å². The Morgan fingerprint density at radius 2 is 1.71 bits per heavy atom. The molecule has 1 aromatic rings. The molecule has 1 rings (SSSR count). The zero-order valence-corrected chi connectivity index (χ0v) is 14.9. The summed E-state index contributed by atoms with van der Waals surface area (Å²) < 4.78 is 0. The molecule has 0 radical (unpaired) electrons. The highest BCUT2D eigenvalue weighted by Gasteiger charge is 2.04. The van der Waals surface area contributed by atoms with Crippen LogP contribution in [0.4, 0.5) is 0 Å². The molecule has 0 aromatic heterocycles. The molecular weight excluding hydrogens is 298 g/mol. The molecule has 0 spiro atoms. The van der Waals surface area contributed by atoms with E-state index in [-0.39, 0.29) is 0 Å². The van der Waals surface area contributed by atoms with Gasteiger partial charge in [-0.25, -0.2) is 0 Å². The maximum absolute atomic E-state index is 6.19. The average Bonchev–Trinajstić information content (AvgIpc) is 2.48. The summed E-state index contributed by atoms with van der Waals surface area (Å²) in [5, 5.41) is 0.802. The Morgan fingerprint density at radius 3 is 2.38 bits per heavy atom. The summed E-state index contributed by atoms with van der Waals surface area (Å²) in [6.07, 6.45) is 12.1. The lowest BCUT2D eigenvalue weighted by atomic mass is 10.1. The number of benzene rings is 1. The van der Waals surface area contributed by atoms with E-state index in [4.69, 9.17) is 17.3 Å². The molecule has 0 aliphatic rings. The first kappa shape index (κ1) is 18.9. The van der Waals surface area contributed by atoms with Gasteiger partial charge in [-0.3, -0.25) is 0 Å². The van der Waals surface area contributed by atoms with E-state index in [0.29, 0.717) is 6.04 Å². The van der Waals surface area contributed by atoms with Crippen molar-refractivity contribution in [3.05, 3.63) is 29.3 Å². The largest absolute Gasteiger partial charge is 0.327 e. The Hall–Kier alpha value is -0.180. The monoisotopic (exact) mass is 327 g/mol. The Labute approximate surface area is 140 Å². The molecule has 0 aliphatic carbocycles. The molecule has 1 nitrogen and oxygen atoms in total. The highest BCUT2D eigenvalue weighted by Crippen LogP contribution is 2.22. The predicted octanol–water partition coefficient (Wildman–Crippen LogP) is 6.29. The summed E-state index contributed by atoms with van der Waals surface area (Å²) in [5.74, 6) is 0.983. The molecule has 21 heavy (non-hydrogen) atoms. The van der Waals surface area contributed by atoms with Crippen LogP contribution in [0.25, 0.3) is 0 Å². The molecule has 0 aliphatic heterocycles.